The number of nitrogens with zero attached hydrogens (tertiary/aromatic N) is 2. The zero-order chi connectivity index (χ0) is 11.4. The number of amides is 1. The molecule has 16 heavy (non-hydrogen) atoms. The van der Waals surface area contributed by atoms with E-state index in [0.29, 0.717) is 6.54 Å². The topological polar surface area (TPSA) is 45.2 Å². The van der Waals surface area contributed by atoms with Gasteiger partial charge in [0.15, 0.2) is 0 Å². The number of carbonyl (C=O) groups is 1. The molecule has 0 saturated carbocycles. The molecule has 1 atom stereocenters. The second-order valence-corrected chi connectivity index (χ2v) is 4.80. The molecule has 4 nitrogen and oxygen atoms in total. The highest BCUT2D eigenvalue weighted by molar-refractivity contribution is 7.07. The van der Waals surface area contributed by atoms with E-state index in [2.05, 4.69) is 10.3 Å². The molecule has 1 aliphatic heterocycles. The van der Waals surface area contributed by atoms with Crippen molar-refractivity contribution in [2.24, 2.45) is 0 Å². The second kappa shape index (κ2) is 5.41. The fourth-order valence-corrected chi connectivity index (χ4v) is 2.59. The van der Waals surface area contributed by atoms with E-state index in [1.807, 2.05) is 22.8 Å². The van der Waals surface area contributed by atoms with Crippen LogP contribution in [0.1, 0.15) is 25.0 Å². The van der Waals surface area contributed by atoms with E-state index in [1.54, 1.807) is 11.3 Å². The molecule has 1 fully saturated rings. The summed E-state index contributed by atoms with van der Waals surface area (Å²) >= 11 is 1.58. The van der Waals surface area contributed by atoms with Gasteiger partial charge >= 0.3 is 0 Å². The lowest BCUT2D eigenvalue weighted by atomic mass is 10.1. The Kier molecular flexibility index (Phi) is 3.90. The Morgan fingerprint density at radius 3 is 3.19 bits per heavy atom. The van der Waals surface area contributed by atoms with Crippen LogP contribution in [0, 0.1) is 0 Å². The van der Waals surface area contributed by atoms with Crippen LogP contribution in [-0.2, 0) is 11.3 Å². The first-order valence-corrected chi connectivity index (χ1v) is 6.58. The quantitative estimate of drug-likeness (QED) is 0.863. The van der Waals surface area contributed by atoms with Crippen LogP contribution in [0.5, 0.6) is 0 Å². The van der Waals surface area contributed by atoms with Gasteiger partial charge in [0.1, 0.15) is 0 Å². The Bertz CT molecular complexity index is 339. The van der Waals surface area contributed by atoms with E-state index in [9.17, 15) is 4.79 Å². The predicted octanol–water partition coefficient (Wildman–Crippen LogP) is 1.24. The molecule has 1 aromatic rings. The van der Waals surface area contributed by atoms with Crippen LogP contribution < -0.4 is 5.32 Å². The Hall–Kier alpha value is -0.940. The first-order valence-electron chi connectivity index (χ1n) is 5.64. The van der Waals surface area contributed by atoms with Gasteiger partial charge in [-0.3, -0.25) is 4.79 Å². The molecule has 1 unspecified atom stereocenters. The molecule has 2 rings (SSSR count). The average Bonchev–Trinajstić information content (AvgIpc) is 2.73. The van der Waals surface area contributed by atoms with E-state index in [0.717, 1.165) is 31.5 Å². The second-order valence-electron chi connectivity index (χ2n) is 4.08. The van der Waals surface area contributed by atoms with Crippen LogP contribution in [0.4, 0.5) is 0 Å². The van der Waals surface area contributed by atoms with Crippen molar-refractivity contribution in [3.8, 4) is 0 Å². The molecule has 0 bridgehead atoms. The van der Waals surface area contributed by atoms with Crippen LogP contribution in [0.3, 0.4) is 0 Å². The van der Waals surface area contributed by atoms with Gasteiger partial charge in [0.2, 0.25) is 5.91 Å². The van der Waals surface area contributed by atoms with Crippen molar-refractivity contribution >= 4 is 17.2 Å². The number of nitrogens with one attached hydrogen (secondary N) is 1. The highest BCUT2D eigenvalue weighted by Gasteiger charge is 2.25. The van der Waals surface area contributed by atoms with E-state index in [1.165, 1.54) is 0 Å². The van der Waals surface area contributed by atoms with Gasteiger partial charge in [-0.15, -0.1) is 11.3 Å². The molecular formula is C11H17N3OS. The number of likely N-dealkylation sites (N-methyl/N-ethyl adjacent to an activating group) is 1. The fourth-order valence-electron chi connectivity index (χ4n) is 2.04. The first kappa shape index (κ1) is 11.5. The van der Waals surface area contributed by atoms with Gasteiger partial charge in [0.25, 0.3) is 0 Å². The Balaban J connectivity index is 2.04. The third-order valence-electron chi connectivity index (χ3n) is 2.97. The largest absolute Gasteiger partial charge is 0.335 e. The normalized spacial score (nSPS) is 22.2. The SMILES string of the molecule is CNC1CCCCN(Cc2cscn2)C1=O. The molecule has 88 valence electrons. The van der Waals surface area contributed by atoms with Crippen LogP contribution >= 0.6 is 11.3 Å². The maximum Gasteiger partial charge on any atom is 0.240 e. The lowest BCUT2D eigenvalue weighted by Crippen LogP contribution is -2.43. The van der Waals surface area contributed by atoms with Crippen molar-refractivity contribution in [1.29, 1.82) is 0 Å². The van der Waals surface area contributed by atoms with Crippen molar-refractivity contribution in [2.75, 3.05) is 13.6 Å². The number of rotatable bonds is 3. The maximum absolute atomic E-state index is 12.1. The average molecular weight is 239 g/mol. The van der Waals surface area contributed by atoms with Crippen molar-refractivity contribution in [1.82, 2.24) is 15.2 Å². The summed E-state index contributed by atoms with van der Waals surface area (Å²) < 4.78 is 0. The van der Waals surface area contributed by atoms with Gasteiger partial charge in [-0.1, -0.05) is 0 Å². The summed E-state index contributed by atoms with van der Waals surface area (Å²) in [5, 5.41) is 5.10. The molecule has 0 spiro atoms. The summed E-state index contributed by atoms with van der Waals surface area (Å²) in [5.41, 5.74) is 2.81. The van der Waals surface area contributed by atoms with Gasteiger partial charge in [-0.2, -0.15) is 0 Å². The molecule has 1 amide bonds. The number of thiazole rings is 1. The van der Waals surface area contributed by atoms with Crippen molar-refractivity contribution in [3.05, 3.63) is 16.6 Å². The summed E-state index contributed by atoms with van der Waals surface area (Å²) in [4.78, 5) is 18.3. The number of carbonyl (C=O) groups excluding carboxylic acids is 1. The van der Waals surface area contributed by atoms with Gasteiger partial charge in [-0.05, 0) is 26.3 Å². The Morgan fingerprint density at radius 1 is 1.62 bits per heavy atom. The molecule has 2 heterocycles. The lowest BCUT2D eigenvalue weighted by Gasteiger charge is -2.23. The first-order chi connectivity index (χ1) is 7.81. The minimum Gasteiger partial charge on any atom is -0.335 e. The van der Waals surface area contributed by atoms with Crippen LogP contribution in [0.15, 0.2) is 10.9 Å². The molecule has 5 heteroatoms. The standard InChI is InChI=1S/C11H17N3OS/c1-12-10-4-2-3-5-14(11(10)15)6-9-7-16-8-13-9/h7-8,10,12H,2-6H2,1H3. The lowest BCUT2D eigenvalue weighted by molar-refractivity contribution is -0.133. The van der Waals surface area contributed by atoms with Crippen LogP contribution in [0.25, 0.3) is 0 Å². The summed E-state index contributed by atoms with van der Waals surface area (Å²) in [6.07, 6.45) is 3.15. The smallest absolute Gasteiger partial charge is 0.240 e. The molecule has 1 N–H and O–H groups in total. The summed E-state index contributed by atoms with van der Waals surface area (Å²) in [6, 6.07) is -0.0128. The number of likely N-dealkylation sites (tertiary alicyclic amines) is 1. The third-order valence-corrected chi connectivity index (χ3v) is 3.60. The predicted molar refractivity (Wildman–Crippen MR) is 64.2 cm³/mol. The fraction of sp³-hybridized carbons (Fsp3) is 0.636. The van der Waals surface area contributed by atoms with Crippen molar-refractivity contribution in [3.63, 3.8) is 0 Å². The van der Waals surface area contributed by atoms with E-state index in [4.69, 9.17) is 0 Å². The monoisotopic (exact) mass is 239 g/mol. The summed E-state index contributed by atoms with van der Waals surface area (Å²) in [5.74, 6) is 0.216. The van der Waals surface area contributed by atoms with Crippen LogP contribution in [0.2, 0.25) is 0 Å². The zero-order valence-corrected chi connectivity index (χ0v) is 10.3. The van der Waals surface area contributed by atoms with E-state index in [-0.39, 0.29) is 11.9 Å². The minimum atomic E-state index is -0.0128. The highest BCUT2D eigenvalue weighted by Crippen LogP contribution is 2.15. The highest BCUT2D eigenvalue weighted by atomic mass is 32.1. The molecule has 0 aromatic carbocycles. The number of hydrogen-bond acceptors (Lipinski definition) is 4. The van der Waals surface area contributed by atoms with Crippen LogP contribution in [-0.4, -0.2) is 35.4 Å². The maximum atomic E-state index is 12.1. The molecule has 1 aliphatic rings. The van der Waals surface area contributed by atoms with E-state index >= 15 is 0 Å². The van der Waals surface area contributed by atoms with Gasteiger partial charge in [0, 0.05) is 11.9 Å². The van der Waals surface area contributed by atoms with Crippen molar-refractivity contribution in [2.45, 2.75) is 31.8 Å². The Labute approximate surface area is 99.7 Å². The third kappa shape index (κ3) is 2.59. The molecule has 1 saturated heterocycles. The number of hydrogen-bond donors (Lipinski definition) is 1. The molecule has 0 aliphatic carbocycles. The summed E-state index contributed by atoms with van der Waals surface area (Å²) in [7, 11) is 1.86. The minimum absolute atomic E-state index is 0.0128. The Morgan fingerprint density at radius 2 is 2.50 bits per heavy atom. The van der Waals surface area contributed by atoms with Crippen molar-refractivity contribution < 1.29 is 4.79 Å². The van der Waals surface area contributed by atoms with E-state index < -0.39 is 0 Å². The van der Waals surface area contributed by atoms with Gasteiger partial charge < -0.3 is 10.2 Å². The molecule has 0 radical (unpaired) electrons. The zero-order valence-electron chi connectivity index (χ0n) is 9.48. The van der Waals surface area contributed by atoms with Gasteiger partial charge in [-0.25, -0.2) is 4.98 Å². The van der Waals surface area contributed by atoms with Gasteiger partial charge in [0.05, 0.1) is 23.8 Å². The number of aromatic nitrogens is 1. The summed E-state index contributed by atoms with van der Waals surface area (Å²) in [6.45, 7) is 1.51. The molecule has 1 aromatic heterocycles. The molecular weight excluding hydrogens is 222 g/mol.